The normalized spacial score (nSPS) is 27.5. The zero-order chi connectivity index (χ0) is 46.4. The van der Waals surface area contributed by atoms with E-state index in [1.165, 1.54) is 4.90 Å². The van der Waals surface area contributed by atoms with Gasteiger partial charge in [0.05, 0.1) is 30.2 Å². The van der Waals surface area contributed by atoms with Gasteiger partial charge in [0, 0.05) is 35.6 Å². The molecule has 346 valence electrons. The predicted octanol–water partition coefficient (Wildman–Crippen LogP) is 6.22. The SMILES string of the molecule is COc1ccc2c(OC3C[C@H]4C(=O)N[C@]5(C(=O)NS(=O)(=O)C6(C)CC6)C[C@H]5/C=C\CC[C@@H](C)C[C@@H](C)[C@H](NC(=O)OC(C)(C)C)C(=O)N4C3)nc(-c3ccc(OC(C)C)nc3)cc2c1. The minimum atomic E-state index is -4.03. The third kappa shape index (κ3) is 10.2. The Morgan fingerprint density at radius 1 is 1.05 bits per heavy atom. The van der Waals surface area contributed by atoms with Crippen LogP contribution in [0.25, 0.3) is 22.0 Å². The first-order valence-corrected chi connectivity index (χ1v) is 23.7. The van der Waals surface area contributed by atoms with Crippen LogP contribution in [0.3, 0.4) is 0 Å². The fraction of sp³-hybridized carbons (Fsp3) is 0.574. The van der Waals surface area contributed by atoms with E-state index < -0.39 is 73.8 Å². The highest BCUT2D eigenvalue weighted by atomic mass is 32.2. The number of amides is 4. The molecule has 0 radical (unpaired) electrons. The first-order chi connectivity index (χ1) is 30.1. The summed E-state index contributed by atoms with van der Waals surface area (Å²) >= 11 is 0. The fourth-order valence-electron chi connectivity index (χ4n) is 8.60. The van der Waals surface area contributed by atoms with Gasteiger partial charge in [0.15, 0.2) is 0 Å². The molecule has 1 aromatic carbocycles. The van der Waals surface area contributed by atoms with Crippen molar-refractivity contribution < 1.29 is 46.5 Å². The molecule has 17 heteroatoms. The average Bonchev–Trinajstić information content (AvgIpc) is 4.10. The molecule has 4 amide bonds. The molecule has 2 aliphatic heterocycles. The number of sulfonamides is 1. The summed E-state index contributed by atoms with van der Waals surface area (Å²) in [6.07, 6.45) is 6.84. The number of nitrogens with zero attached hydrogens (tertiary/aromatic N) is 3. The molecular weight excluding hydrogens is 841 g/mol. The van der Waals surface area contributed by atoms with E-state index in [-0.39, 0.29) is 43.2 Å². The van der Waals surface area contributed by atoms with Crippen molar-refractivity contribution in [1.29, 1.82) is 0 Å². The molecule has 7 atom stereocenters. The highest BCUT2D eigenvalue weighted by Gasteiger charge is 2.63. The summed E-state index contributed by atoms with van der Waals surface area (Å²) in [6.45, 7) is 14.5. The molecule has 7 rings (SSSR count). The quantitative estimate of drug-likeness (QED) is 0.194. The van der Waals surface area contributed by atoms with Crippen LogP contribution >= 0.6 is 0 Å². The molecule has 64 heavy (non-hydrogen) atoms. The molecule has 4 heterocycles. The van der Waals surface area contributed by atoms with Gasteiger partial charge in [-0.1, -0.05) is 26.0 Å². The molecular formula is C47H62N6O10S. The number of allylic oxidation sites excluding steroid dienone is 1. The topological polar surface area (TPSA) is 204 Å². The van der Waals surface area contributed by atoms with Crippen molar-refractivity contribution in [2.75, 3.05) is 13.7 Å². The summed E-state index contributed by atoms with van der Waals surface area (Å²) in [7, 11) is -2.46. The molecule has 0 bridgehead atoms. The Balaban J connectivity index is 1.26. The van der Waals surface area contributed by atoms with E-state index in [2.05, 4.69) is 27.3 Å². The van der Waals surface area contributed by atoms with Gasteiger partial charge in [0.1, 0.15) is 35.1 Å². The third-order valence-electron chi connectivity index (χ3n) is 12.6. The molecule has 2 aromatic heterocycles. The number of alkyl carbamates (subject to hydrolysis) is 1. The summed E-state index contributed by atoms with van der Waals surface area (Å²) in [5.74, 6) is -1.41. The molecule has 1 unspecified atom stereocenters. The number of methoxy groups -OCH3 is 1. The molecule has 2 aliphatic carbocycles. The Hall–Kier alpha value is -5.45. The lowest BCUT2D eigenvalue weighted by Crippen LogP contribution is -2.59. The van der Waals surface area contributed by atoms with Crippen molar-refractivity contribution in [2.45, 2.75) is 141 Å². The number of hydrogen-bond acceptors (Lipinski definition) is 12. The average molecular weight is 903 g/mol. The molecule has 3 aromatic rings. The Morgan fingerprint density at radius 3 is 2.45 bits per heavy atom. The number of carbonyl (C=O) groups excluding carboxylic acids is 4. The van der Waals surface area contributed by atoms with Crippen LogP contribution < -0.4 is 29.6 Å². The number of ether oxygens (including phenoxy) is 4. The number of hydrogen-bond donors (Lipinski definition) is 3. The predicted molar refractivity (Wildman–Crippen MR) is 240 cm³/mol. The zero-order valence-electron chi connectivity index (χ0n) is 38.2. The Bertz CT molecular complexity index is 2410. The first kappa shape index (κ1) is 46.5. The number of nitrogens with one attached hydrogen (secondary N) is 3. The minimum Gasteiger partial charge on any atom is -0.497 e. The number of rotatable bonds is 10. The van der Waals surface area contributed by atoms with Gasteiger partial charge in [-0.25, -0.2) is 23.2 Å². The molecule has 4 aliphatic rings. The maximum absolute atomic E-state index is 15.1. The van der Waals surface area contributed by atoms with Crippen molar-refractivity contribution in [2.24, 2.45) is 17.8 Å². The van der Waals surface area contributed by atoms with Crippen LogP contribution in [0, 0.1) is 17.8 Å². The van der Waals surface area contributed by atoms with E-state index in [4.69, 9.17) is 23.9 Å². The lowest BCUT2D eigenvalue weighted by molar-refractivity contribution is -0.142. The van der Waals surface area contributed by atoms with Gasteiger partial charge in [-0.3, -0.25) is 19.1 Å². The summed E-state index contributed by atoms with van der Waals surface area (Å²) in [4.78, 5) is 68.1. The van der Waals surface area contributed by atoms with Gasteiger partial charge < -0.3 is 34.5 Å². The van der Waals surface area contributed by atoms with Crippen LogP contribution in [0.5, 0.6) is 17.5 Å². The molecule has 3 fully saturated rings. The molecule has 3 N–H and O–H groups in total. The smallest absolute Gasteiger partial charge is 0.408 e. The largest absolute Gasteiger partial charge is 0.497 e. The van der Waals surface area contributed by atoms with Gasteiger partial charge in [-0.2, -0.15) is 0 Å². The van der Waals surface area contributed by atoms with Crippen molar-refractivity contribution in [1.82, 2.24) is 30.2 Å². The summed E-state index contributed by atoms with van der Waals surface area (Å²) in [5.41, 5.74) is -1.18. The van der Waals surface area contributed by atoms with E-state index in [0.717, 1.165) is 11.8 Å². The number of carbonyl (C=O) groups is 4. The summed E-state index contributed by atoms with van der Waals surface area (Å²) in [6, 6.07) is 8.70. The van der Waals surface area contributed by atoms with E-state index in [1.807, 2.05) is 57.2 Å². The standard InChI is InChI=1S/C47H62N6O10S/c1-27(2)61-38-17-14-30(25-48-38)36-22-31-21-33(60-9)15-16-35(31)41(49-36)62-34-23-37-40(54)51-47(43(56)52-64(58,59)46(8)18-19-46)24-32(47)13-11-10-12-28(3)20-29(4)39(42(55)53(37)26-34)50-44(57)63-45(5,6)7/h11,13-17,21-22,25,27-29,32,34,37,39H,10,12,18-20,23-24,26H2,1-9H3,(H,50,57)(H,51,54)(H,52,56)/b13-11-/t28-,29-,32-,34?,37+,39+,47-/m1/s1. The van der Waals surface area contributed by atoms with Crippen molar-refractivity contribution in [3.8, 4) is 28.8 Å². The van der Waals surface area contributed by atoms with Gasteiger partial charge in [0.25, 0.3) is 5.91 Å². The maximum Gasteiger partial charge on any atom is 0.408 e. The Kier molecular flexibility index (Phi) is 13.0. The van der Waals surface area contributed by atoms with Crippen LogP contribution in [0.1, 0.15) is 100 Å². The first-order valence-electron chi connectivity index (χ1n) is 22.2. The summed E-state index contributed by atoms with van der Waals surface area (Å²) in [5, 5.41) is 7.17. The van der Waals surface area contributed by atoms with E-state index in [0.29, 0.717) is 54.0 Å². The lowest BCUT2D eigenvalue weighted by atomic mass is 9.88. The second-order valence-electron chi connectivity index (χ2n) is 19.5. The molecule has 16 nitrogen and oxygen atoms in total. The number of benzene rings is 1. The van der Waals surface area contributed by atoms with Crippen molar-refractivity contribution >= 4 is 44.6 Å². The Labute approximate surface area is 375 Å². The maximum atomic E-state index is 15.1. The zero-order valence-corrected chi connectivity index (χ0v) is 39.0. The number of pyridine rings is 2. The van der Waals surface area contributed by atoms with E-state index in [1.54, 1.807) is 53.1 Å². The second kappa shape index (κ2) is 17.8. The number of fused-ring (bicyclic) bond motifs is 3. The second-order valence-corrected chi connectivity index (χ2v) is 21.7. The molecule has 2 saturated carbocycles. The van der Waals surface area contributed by atoms with Gasteiger partial charge in [-0.05, 0) is 128 Å². The van der Waals surface area contributed by atoms with Crippen LogP contribution in [0.15, 0.2) is 54.7 Å². The molecule has 0 spiro atoms. The van der Waals surface area contributed by atoms with Gasteiger partial charge in [-0.15, -0.1) is 0 Å². The van der Waals surface area contributed by atoms with Crippen LogP contribution in [-0.2, 0) is 29.1 Å². The summed E-state index contributed by atoms with van der Waals surface area (Å²) < 4.78 is 51.5. The molecule has 1 saturated heterocycles. The van der Waals surface area contributed by atoms with Gasteiger partial charge in [0.2, 0.25) is 33.6 Å². The Morgan fingerprint density at radius 2 is 1.80 bits per heavy atom. The van der Waals surface area contributed by atoms with E-state index in [9.17, 15) is 22.8 Å². The van der Waals surface area contributed by atoms with Crippen LogP contribution in [0.2, 0.25) is 0 Å². The monoisotopic (exact) mass is 902 g/mol. The highest BCUT2D eigenvalue weighted by Crippen LogP contribution is 2.48. The lowest BCUT2D eigenvalue weighted by Gasteiger charge is -2.33. The van der Waals surface area contributed by atoms with Crippen molar-refractivity contribution in [3.63, 3.8) is 0 Å². The van der Waals surface area contributed by atoms with Gasteiger partial charge >= 0.3 is 6.09 Å². The van der Waals surface area contributed by atoms with Crippen LogP contribution in [-0.4, -0.2) is 101 Å². The van der Waals surface area contributed by atoms with Crippen LogP contribution in [0.4, 0.5) is 4.79 Å². The number of aromatic nitrogens is 2. The minimum absolute atomic E-state index is 0.0115. The van der Waals surface area contributed by atoms with E-state index >= 15 is 4.79 Å². The highest BCUT2D eigenvalue weighted by molar-refractivity contribution is 7.91. The van der Waals surface area contributed by atoms with Crippen molar-refractivity contribution in [3.05, 3.63) is 54.7 Å². The fourth-order valence-corrected chi connectivity index (χ4v) is 9.91. The third-order valence-corrected chi connectivity index (χ3v) is 14.8.